The second-order valence-electron chi connectivity index (χ2n) is 14.8. The van der Waals surface area contributed by atoms with Gasteiger partial charge in [0.25, 0.3) is 0 Å². The van der Waals surface area contributed by atoms with Gasteiger partial charge in [-0.05, 0) is 65.2 Å². The average Bonchev–Trinajstić information content (AvgIpc) is 3.01. The summed E-state index contributed by atoms with van der Waals surface area (Å²) < 4.78 is 9.86. The standard InChI is InChI=1S/C34H61N7O10/c1-13-21(6)27(29(46)39-23(15-20(4)5)30(47)50-12)40-26(44)18-36-31(48)34(10,11)41-28(45)22(14-19(2)3)38-25(43)17-35-24(42)16-37-32(49)51-33(7,8)9/h19-23,27H,13-18H2,1-12H3,(H,35,42)(H,36,48)(H,37,49)(H,38,43)(H,39,46)(H,40,44)(H,41,45)/t21-,22-,23-,27-/m0/s1. The van der Waals surface area contributed by atoms with Crippen LogP contribution in [0.4, 0.5) is 4.79 Å². The molecule has 4 atom stereocenters. The molecule has 0 aromatic carbocycles. The minimum atomic E-state index is -1.53. The maximum Gasteiger partial charge on any atom is 0.408 e. The lowest BCUT2D eigenvalue weighted by Gasteiger charge is -2.29. The average molecular weight is 728 g/mol. The molecule has 0 aromatic rings. The van der Waals surface area contributed by atoms with Crippen molar-refractivity contribution < 1.29 is 47.8 Å². The van der Waals surface area contributed by atoms with Gasteiger partial charge in [0, 0.05) is 0 Å². The lowest BCUT2D eigenvalue weighted by molar-refractivity contribution is -0.146. The van der Waals surface area contributed by atoms with Crippen LogP contribution in [-0.2, 0) is 43.0 Å². The summed E-state index contributed by atoms with van der Waals surface area (Å²) in [6, 6.07) is -2.96. The van der Waals surface area contributed by atoms with Crippen LogP contribution in [0.5, 0.6) is 0 Å². The van der Waals surface area contributed by atoms with Crippen molar-refractivity contribution in [1.29, 1.82) is 0 Å². The molecule has 0 spiro atoms. The number of carbonyl (C=O) groups excluding carboxylic acids is 8. The lowest BCUT2D eigenvalue weighted by Crippen LogP contribution is -2.61. The summed E-state index contributed by atoms with van der Waals surface area (Å²) in [5.74, 6) is -4.83. The first-order valence-corrected chi connectivity index (χ1v) is 17.2. The number of methoxy groups -OCH3 is 1. The summed E-state index contributed by atoms with van der Waals surface area (Å²) in [6.07, 6.45) is 0.277. The fourth-order valence-electron chi connectivity index (χ4n) is 4.51. The summed E-state index contributed by atoms with van der Waals surface area (Å²) in [5, 5.41) is 17.5. The van der Waals surface area contributed by atoms with Crippen molar-refractivity contribution in [2.75, 3.05) is 26.7 Å². The zero-order valence-electron chi connectivity index (χ0n) is 32.3. The molecule has 0 saturated carbocycles. The molecule has 0 aliphatic carbocycles. The highest BCUT2D eigenvalue weighted by Crippen LogP contribution is 2.12. The minimum Gasteiger partial charge on any atom is -0.467 e. The van der Waals surface area contributed by atoms with Crippen LogP contribution in [0, 0.1) is 17.8 Å². The first-order valence-electron chi connectivity index (χ1n) is 17.2. The predicted octanol–water partition coefficient (Wildman–Crippen LogP) is 0.404. The number of alkyl carbamates (subject to hydrolysis) is 1. The third-order valence-corrected chi connectivity index (χ3v) is 7.33. The molecule has 0 aliphatic heterocycles. The number of ether oxygens (including phenoxy) is 2. The number of hydrogen-bond acceptors (Lipinski definition) is 10. The highest BCUT2D eigenvalue weighted by Gasteiger charge is 2.34. The van der Waals surface area contributed by atoms with Gasteiger partial charge >= 0.3 is 12.1 Å². The van der Waals surface area contributed by atoms with Crippen LogP contribution in [0.3, 0.4) is 0 Å². The molecular weight excluding hydrogens is 666 g/mol. The highest BCUT2D eigenvalue weighted by atomic mass is 16.6. The smallest absolute Gasteiger partial charge is 0.408 e. The molecule has 0 fully saturated rings. The zero-order valence-corrected chi connectivity index (χ0v) is 32.3. The van der Waals surface area contributed by atoms with Gasteiger partial charge in [-0.2, -0.15) is 0 Å². The van der Waals surface area contributed by atoms with Crippen molar-refractivity contribution in [3.63, 3.8) is 0 Å². The number of amides is 7. The Morgan fingerprint density at radius 1 is 0.627 bits per heavy atom. The van der Waals surface area contributed by atoms with Crippen molar-refractivity contribution in [2.45, 2.75) is 125 Å². The Balaban J connectivity index is 5.30. The number of hydrogen-bond donors (Lipinski definition) is 7. The number of esters is 1. The summed E-state index contributed by atoms with van der Waals surface area (Å²) in [4.78, 5) is 101. The molecule has 0 heterocycles. The highest BCUT2D eigenvalue weighted by molar-refractivity contribution is 5.97. The summed E-state index contributed by atoms with van der Waals surface area (Å²) >= 11 is 0. The molecule has 17 nitrogen and oxygen atoms in total. The van der Waals surface area contributed by atoms with Crippen LogP contribution in [-0.4, -0.2) is 104 Å². The van der Waals surface area contributed by atoms with Crippen LogP contribution in [0.25, 0.3) is 0 Å². The second-order valence-corrected chi connectivity index (χ2v) is 14.8. The van der Waals surface area contributed by atoms with E-state index in [0.29, 0.717) is 12.8 Å². The minimum absolute atomic E-state index is 0.0433. The van der Waals surface area contributed by atoms with E-state index in [1.165, 1.54) is 21.0 Å². The van der Waals surface area contributed by atoms with E-state index in [0.717, 1.165) is 0 Å². The van der Waals surface area contributed by atoms with Gasteiger partial charge in [0.1, 0.15) is 35.8 Å². The Kier molecular flexibility index (Phi) is 19.8. The van der Waals surface area contributed by atoms with Gasteiger partial charge in [0.15, 0.2) is 0 Å². The van der Waals surface area contributed by atoms with Gasteiger partial charge in [0.05, 0.1) is 20.2 Å². The van der Waals surface area contributed by atoms with Crippen molar-refractivity contribution >= 4 is 47.5 Å². The van der Waals surface area contributed by atoms with Gasteiger partial charge in [-0.15, -0.1) is 0 Å². The maximum atomic E-state index is 13.2. The van der Waals surface area contributed by atoms with E-state index in [-0.39, 0.29) is 24.2 Å². The van der Waals surface area contributed by atoms with Crippen LogP contribution in [0.15, 0.2) is 0 Å². The third-order valence-electron chi connectivity index (χ3n) is 7.33. The molecule has 7 N–H and O–H groups in total. The number of carbonyl (C=O) groups is 8. The quantitative estimate of drug-likeness (QED) is 0.0853. The van der Waals surface area contributed by atoms with Crippen LogP contribution in [0.1, 0.15) is 95.4 Å². The molecule has 0 unspecified atom stereocenters. The van der Waals surface area contributed by atoms with Crippen molar-refractivity contribution in [2.24, 2.45) is 17.8 Å². The molecule has 0 aliphatic rings. The summed E-state index contributed by atoms with van der Waals surface area (Å²) in [6.45, 7) is 17.5. The molecule has 0 radical (unpaired) electrons. The number of nitrogens with one attached hydrogen (secondary N) is 7. The monoisotopic (exact) mass is 727 g/mol. The Hall–Kier alpha value is -4.44. The van der Waals surface area contributed by atoms with E-state index in [2.05, 4.69) is 37.2 Å². The predicted molar refractivity (Wildman–Crippen MR) is 189 cm³/mol. The Morgan fingerprint density at radius 2 is 1.14 bits per heavy atom. The first kappa shape index (κ1) is 46.6. The number of rotatable bonds is 20. The molecule has 0 bridgehead atoms. The van der Waals surface area contributed by atoms with E-state index < -0.39 is 96.4 Å². The summed E-state index contributed by atoms with van der Waals surface area (Å²) in [5.41, 5.74) is -2.28. The van der Waals surface area contributed by atoms with Crippen LogP contribution < -0.4 is 37.2 Å². The lowest BCUT2D eigenvalue weighted by atomic mass is 9.97. The maximum absolute atomic E-state index is 13.2. The molecule has 51 heavy (non-hydrogen) atoms. The van der Waals surface area contributed by atoms with Gasteiger partial charge in [-0.3, -0.25) is 28.8 Å². The van der Waals surface area contributed by atoms with Gasteiger partial charge in [-0.1, -0.05) is 48.0 Å². The molecule has 0 aromatic heterocycles. The van der Waals surface area contributed by atoms with Gasteiger partial charge < -0.3 is 46.7 Å². The zero-order chi connectivity index (χ0) is 39.7. The first-order chi connectivity index (χ1) is 23.4. The largest absolute Gasteiger partial charge is 0.467 e. The van der Waals surface area contributed by atoms with Gasteiger partial charge in [0.2, 0.25) is 35.4 Å². The Morgan fingerprint density at radius 3 is 1.65 bits per heavy atom. The topological polar surface area (TPSA) is 239 Å². The van der Waals surface area contributed by atoms with E-state index in [1.807, 2.05) is 34.6 Å². The van der Waals surface area contributed by atoms with Crippen molar-refractivity contribution in [3.05, 3.63) is 0 Å². The second kappa shape index (κ2) is 21.7. The van der Waals surface area contributed by atoms with E-state index in [1.54, 1.807) is 27.7 Å². The van der Waals surface area contributed by atoms with Crippen molar-refractivity contribution in [3.8, 4) is 0 Å². The SMILES string of the molecule is CC[C@H](C)[C@H](NC(=O)CNC(=O)C(C)(C)NC(=O)[C@H](CC(C)C)NC(=O)CNC(=O)CNC(=O)OC(C)(C)C)C(=O)N[C@@H](CC(C)C)C(=O)OC. The normalized spacial score (nSPS) is 13.8. The van der Waals surface area contributed by atoms with E-state index in [9.17, 15) is 38.4 Å². The Bertz CT molecular complexity index is 1230. The van der Waals surface area contributed by atoms with E-state index in [4.69, 9.17) is 9.47 Å². The van der Waals surface area contributed by atoms with Crippen LogP contribution in [0.2, 0.25) is 0 Å². The van der Waals surface area contributed by atoms with Crippen LogP contribution >= 0.6 is 0 Å². The molecule has 7 amide bonds. The molecule has 0 rings (SSSR count). The van der Waals surface area contributed by atoms with Crippen molar-refractivity contribution in [1.82, 2.24) is 37.2 Å². The molecule has 0 saturated heterocycles. The Labute approximate surface area is 301 Å². The van der Waals surface area contributed by atoms with E-state index >= 15 is 0 Å². The summed E-state index contributed by atoms with van der Waals surface area (Å²) in [7, 11) is 1.22. The molecule has 17 heteroatoms. The fraction of sp³-hybridized carbons (Fsp3) is 0.765. The molecule has 292 valence electrons. The molecular formula is C34H61N7O10. The van der Waals surface area contributed by atoms with Gasteiger partial charge in [-0.25, -0.2) is 9.59 Å². The third kappa shape index (κ3) is 19.5. The fourth-order valence-corrected chi connectivity index (χ4v) is 4.51.